The summed E-state index contributed by atoms with van der Waals surface area (Å²) in [6.45, 7) is 4.13. The molecular weight excluding hydrogens is 282 g/mol. The number of thiophene rings is 1. The molecule has 4 aromatic rings. The molecule has 5 heteroatoms. The second-order valence-corrected chi connectivity index (χ2v) is 6.24. The number of nitrogen functional groups attached to an aromatic ring is 1. The zero-order chi connectivity index (χ0) is 14.6. The Morgan fingerprint density at radius 2 is 1.95 bits per heavy atom. The third kappa shape index (κ3) is 1.74. The third-order valence-electron chi connectivity index (χ3n) is 3.78. The van der Waals surface area contributed by atoms with Crippen molar-refractivity contribution in [2.45, 2.75) is 13.8 Å². The molecule has 21 heavy (non-hydrogen) atoms. The third-order valence-corrected chi connectivity index (χ3v) is 4.88. The summed E-state index contributed by atoms with van der Waals surface area (Å²) < 4.78 is 5.57. The van der Waals surface area contributed by atoms with Gasteiger partial charge in [-0.2, -0.15) is 0 Å². The molecule has 0 amide bonds. The first kappa shape index (κ1) is 12.3. The first-order chi connectivity index (χ1) is 10.1. The molecule has 0 unspecified atom stereocenters. The lowest BCUT2D eigenvalue weighted by Crippen LogP contribution is -1.96. The highest BCUT2D eigenvalue weighted by molar-refractivity contribution is 7.18. The van der Waals surface area contributed by atoms with Crippen molar-refractivity contribution in [1.82, 2.24) is 9.97 Å². The summed E-state index contributed by atoms with van der Waals surface area (Å²) in [7, 11) is 0. The lowest BCUT2D eigenvalue weighted by atomic mass is 10.1. The predicted octanol–water partition coefficient (Wildman–Crippen LogP) is 4.30. The number of nitrogens with zero attached hydrogens (tertiary/aromatic N) is 2. The van der Waals surface area contributed by atoms with Gasteiger partial charge in [0.05, 0.1) is 10.9 Å². The van der Waals surface area contributed by atoms with Crippen LogP contribution in [0.1, 0.15) is 10.4 Å². The number of benzene rings is 1. The Labute approximate surface area is 125 Å². The van der Waals surface area contributed by atoms with Crippen LogP contribution in [0.25, 0.3) is 32.6 Å². The number of aryl methyl sites for hydroxylation is 2. The van der Waals surface area contributed by atoms with E-state index in [0.29, 0.717) is 11.6 Å². The zero-order valence-corrected chi connectivity index (χ0v) is 12.5. The van der Waals surface area contributed by atoms with Crippen LogP contribution < -0.4 is 5.73 Å². The largest absolute Gasteiger partial charge is 0.464 e. The first-order valence-electron chi connectivity index (χ1n) is 6.65. The number of aromatic nitrogens is 2. The van der Waals surface area contributed by atoms with Crippen LogP contribution in [-0.2, 0) is 0 Å². The molecule has 0 fully saturated rings. The molecule has 3 heterocycles. The topological polar surface area (TPSA) is 64.9 Å². The fourth-order valence-electron chi connectivity index (χ4n) is 2.55. The lowest BCUT2D eigenvalue weighted by Gasteiger charge is -2.01. The summed E-state index contributed by atoms with van der Waals surface area (Å²) in [5, 5.41) is 1.97. The van der Waals surface area contributed by atoms with Gasteiger partial charge in [-0.25, -0.2) is 9.97 Å². The maximum absolute atomic E-state index is 6.15. The fourth-order valence-corrected chi connectivity index (χ4v) is 3.59. The summed E-state index contributed by atoms with van der Waals surface area (Å²) in [4.78, 5) is 11.3. The van der Waals surface area contributed by atoms with Crippen LogP contribution in [0.3, 0.4) is 0 Å². The van der Waals surface area contributed by atoms with Crippen LogP contribution >= 0.6 is 11.3 Å². The van der Waals surface area contributed by atoms with Gasteiger partial charge in [0, 0.05) is 10.3 Å². The molecule has 0 aliphatic carbocycles. The standard InChI is InChI=1S/C16H13N3OS/c1-8-9(2)21-16-13(8)14(17)18-15(19-16)11-7-20-12-6-4-3-5-10(11)12/h3-7H,1-2H3,(H2,17,18,19). The Morgan fingerprint density at radius 1 is 1.14 bits per heavy atom. The van der Waals surface area contributed by atoms with Gasteiger partial charge in [-0.15, -0.1) is 11.3 Å². The van der Waals surface area contributed by atoms with Crippen LogP contribution in [0.4, 0.5) is 5.82 Å². The molecule has 0 aliphatic heterocycles. The van der Waals surface area contributed by atoms with Gasteiger partial charge in [-0.3, -0.25) is 0 Å². The monoisotopic (exact) mass is 295 g/mol. The molecule has 0 radical (unpaired) electrons. The van der Waals surface area contributed by atoms with Gasteiger partial charge >= 0.3 is 0 Å². The molecule has 3 aromatic heterocycles. The van der Waals surface area contributed by atoms with Crippen molar-refractivity contribution in [2.75, 3.05) is 5.73 Å². The first-order valence-corrected chi connectivity index (χ1v) is 7.46. The molecule has 0 saturated carbocycles. The van der Waals surface area contributed by atoms with Crippen molar-refractivity contribution in [2.24, 2.45) is 0 Å². The summed E-state index contributed by atoms with van der Waals surface area (Å²) in [6.07, 6.45) is 1.69. The van der Waals surface area contributed by atoms with Gasteiger partial charge in [0.1, 0.15) is 22.5 Å². The molecule has 2 N–H and O–H groups in total. The Hall–Kier alpha value is -2.40. The molecule has 0 saturated heterocycles. The molecule has 0 bridgehead atoms. The summed E-state index contributed by atoms with van der Waals surface area (Å²) >= 11 is 1.65. The van der Waals surface area contributed by atoms with Gasteiger partial charge in [0.15, 0.2) is 5.82 Å². The minimum Gasteiger partial charge on any atom is -0.464 e. The second-order valence-electron chi connectivity index (χ2n) is 5.04. The van der Waals surface area contributed by atoms with Crippen LogP contribution in [0.2, 0.25) is 0 Å². The number of fused-ring (bicyclic) bond motifs is 2. The van der Waals surface area contributed by atoms with E-state index < -0.39 is 0 Å². The van der Waals surface area contributed by atoms with Gasteiger partial charge < -0.3 is 10.2 Å². The van der Waals surface area contributed by atoms with Gasteiger partial charge in [-0.1, -0.05) is 18.2 Å². The minimum absolute atomic E-state index is 0.530. The van der Waals surface area contributed by atoms with E-state index in [-0.39, 0.29) is 0 Å². The van der Waals surface area contributed by atoms with Crippen molar-refractivity contribution in [3.05, 3.63) is 41.0 Å². The number of anilines is 1. The Balaban J connectivity index is 2.03. The highest BCUT2D eigenvalue weighted by Gasteiger charge is 2.16. The van der Waals surface area contributed by atoms with Crippen molar-refractivity contribution >= 4 is 38.3 Å². The summed E-state index contributed by atoms with van der Waals surface area (Å²) in [5.74, 6) is 1.15. The van der Waals surface area contributed by atoms with Gasteiger partial charge in [-0.05, 0) is 25.5 Å². The number of nitrogens with two attached hydrogens (primary N) is 1. The van der Waals surface area contributed by atoms with E-state index in [4.69, 9.17) is 10.2 Å². The van der Waals surface area contributed by atoms with Crippen LogP contribution in [0.5, 0.6) is 0 Å². The quantitative estimate of drug-likeness (QED) is 0.568. The average molecular weight is 295 g/mol. The summed E-state index contributed by atoms with van der Waals surface area (Å²) in [6, 6.07) is 7.85. The maximum atomic E-state index is 6.15. The number of hydrogen-bond acceptors (Lipinski definition) is 5. The Bertz CT molecular complexity index is 984. The molecule has 4 nitrogen and oxygen atoms in total. The fraction of sp³-hybridized carbons (Fsp3) is 0.125. The minimum atomic E-state index is 0.530. The van der Waals surface area contributed by atoms with Crippen LogP contribution in [-0.4, -0.2) is 9.97 Å². The smallest absolute Gasteiger partial charge is 0.166 e. The Kier molecular flexibility index (Phi) is 2.53. The number of rotatable bonds is 1. The molecule has 4 rings (SSSR count). The SMILES string of the molecule is Cc1sc2nc(-c3coc4ccccc34)nc(N)c2c1C. The molecule has 0 atom stereocenters. The van der Waals surface area contributed by atoms with E-state index in [9.17, 15) is 0 Å². The maximum Gasteiger partial charge on any atom is 0.166 e. The van der Waals surface area contributed by atoms with E-state index in [1.807, 2.05) is 24.3 Å². The number of para-hydroxylation sites is 1. The predicted molar refractivity (Wildman–Crippen MR) is 86.5 cm³/mol. The Morgan fingerprint density at radius 3 is 2.81 bits per heavy atom. The highest BCUT2D eigenvalue weighted by Crippen LogP contribution is 2.35. The van der Waals surface area contributed by atoms with Crippen molar-refractivity contribution < 1.29 is 4.42 Å². The molecule has 104 valence electrons. The van der Waals surface area contributed by atoms with E-state index in [1.165, 1.54) is 4.88 Å². The van der Waals surface area contributed by atoms with Gasteiger partial charge in [0.25, 0.3) is 0 Å². The van der Waals surface area contributed by atoms with Crippen molar-refractivity contribution in [3.8, 4) is 11.4 Å². The van der Waals surface area contributed by atoms with Crippen LogP contribution in [0.15, 0.2) is 34.9 Å². The van der Waals surface area contributed by atoms with E-state index >= 15 is 0 Å². The van der Waals surface area contributed by atoms with E-state index in [1.54, 1.807) is 17.6 Å². The number of hydrogen-bond donors (Lipinski definition) is 1. The molecular formula is C16H13N3OS. The molecule has 1 aromatic carbocycles. The molecule has 0 aliphatic rings. The van der Waals surface area contributed by atoms with E-state index in [2.05, 4.69) is 23.8 Å². The van der Waals surface area contributed by atoms with E-state index in [0.717, 1.165) is 32.3 Å². The average Bonchev–Trinajstić information content (AvgIpc) is 3.01. The van der Waals surface area contributed by atoms with Crippen LogP contribution in [0, 0.1) is 13.8 Å². The molecule has 0 spiro atoms. The van der Waals surface area contributed by atoms with Crippen molar-refractivity contribution in [1.29, 1.82) is 0 Å². The van der Waals surface area contributed by atoms with Gasteiger partial charge in [0.2, 0.25) is 0 Å². The number of furan rings is 1. The highest BCUT2D eigenvalue weighted by atomic mass is 32.1. The second kappa shape index (κ2) is 4.30. The lowest BCUT2D eigenvalue weighted by molar-refractivity contribution is 0.616. The normalized spacial score (nSPS) is 11.5. The zero-order valence-electron chi connectivity index (χ0n) is 11.7. The van der Waals surface area contributed by atoms with Crippen molar-refractivity contribution in [3.63, 3.8) is 0 Å². The summed E-state index contributed by atoms with van der Waals surface area (Å²) in [5.41, 5.74) is 9.01.